The SMILES string of the molecule is CNCc1cnc(Oc2ccc(Cl)cc2Cl)nc1C. The Hall–Kier alpha value is -1.36. The number of aromatic nitrogens is 2. The molecule has 1 N–H and O–H groups in total. The Bertz CT molecular complexity index is 590. The highest BCUT2D eigenvalue weighted by molar-refractivity contribution is 6.35. The summed E-state index contributed by atoms with van der Waals surface area (Å²) in [5.41, 5.74) is 1.89. The van der Waals surface area contributed by atoms with E-state index in [-0.39, 0.29) is 6.01 Å². The summed E-state index contributed by atoms with van der Waals surface area (Å²) >= 11 is 11.8. The van der Waals surface area contributed by atoms with Crippen molar-refractivity contribution in [3.63, 3.8) is 0 Å². The minimum absolute atomic E-state index is 0.265. The number of halogens is 2. The molecule has 2 rings (SSSR count). The topological polar surface area (TPSA) is 47.0 Å². The van der Waals surface area contributed by atoms with Crippen molar-refractivity contribution in [3.8, 4) is 11.8 Å². The van der Waals surface area contributed by atoms with Crippen LogP contribution in [0, 0.1) is 6.92 Å². The van der Waals surface area contributed by atoms with Gasteiger partial charge in [-0.25, -0.2) is 4.98 Å². The van der Waals surface area contributed by atoms with Crippen molar-refractivity contribution in [2.24, 2.45) is 0 Å². The molecule has 0 radical (unpaired) electrons. The standard InChI is InChI=1S/C13H13Cl2N3O/c1-8-9(6-16-2)7-17-13(18-8)19-12-4-3-10(14)5-11(12)15/h3-5,7,16H,6H2,1-2H3. The highest BCUT2D eigenvalue weighted by Crippen LogP contribution is 2.30. The van der Waals surface area contributed by atoms with E-state index in [1.807, 2.05) is 14.0 Å². The summed E-state index contributed by atoms with van der Waals surface area (Å²) in [4.78, 5) is 8.44. The summed E-state index contributed by atoms with van der Waals surface area (Å²) in [5.74, 6) is 0.479. The van der Waals surface area contributed by atoms with Crippen molar-refractivity contribution in [1.29, 1.82) is 0 Å². The van der Waals surface area contributed by atoms with Crippen LogP contribution in [-0.4, -0.2) is 17.0 Å². The van der Waals surface area contributed by atoms with Gasteiger partial charge in [-0.3, -0.25) is 0 Å². The molecule has 1 aromatic carbocycles. The molecule has 0 fully saturated rings. The van der Waals surface area contributed by atoms with Crippen LogP contribution in [0.5, 0.6) is 11.8 Å². The smallest absolute Gasteiger partial charge is 0.322 e. The molecule has 100 valence electrons. The van der Waals surface area contributed by atoms with Gasteiger partial charge in [-0.15, -0.1) is 0 Å². The summed E-state index contributed by atoms with van der Waals surface area (Å²) in [5, 5.41) is 4.03. The molecule has 0 aliphatic heterocycles. The molecule has 0 amide bonds. The molecule has 0 spiro atoms. The van der Waals surface area contributed by atoms with Gasteiger partial charge in [0.25, 0.3) is 0 Å². The number of benzene rings is 1. The van der Waals surface area contributed by atoms with Crippen molar-refractivity contribution in [3.05, 3.63) is 45.7 Å². The number of rotatable bonds is 4. The normalized spacial score (nSPS) is 10.5. The third-order valence-electron chi connectivity index (χ3n) is 2.52. The van der Waals surface area contributed by atoms with E-state index in [0.29, 0.717) is 22.3 Å². The van der Waals surface area contributed by atoms with Gasteiger partial charge in [0, 0.05) is 29.0 Å². The zero-order valence-electron chi connectivity index (χ0n) is 10.6. The fraction of sp³-hybridized carbons (Fsp3) is 0.231. The van der Waals surface area contributed by atoms with Crippen LogP contribution in [0.4, 0.5) is 0 Å². The van der Waals surface area contributed by atoms with E-state index in [4.69, 9.17) is 27.9 Å². The minimum atomic E-state index is 0.265. The molecule has 0 saturated heterocycles. The van der Waals surface area contributed by atoms with E-state index in [2.05, 4.69) is 15.3 Å². The average molecular weight is 298 g/mol. The zero-order chi connectivity index (χ0) is 13.8. The van der Waals surface area contributed by atoms with Crippen LogP contribution >= 0.6 is 23.2 Å². The van der Waals surface area contributed by atoms with Crippen LogP contribution in [0.15, 0.2) is 24.4 Å². The van der Waals surface area contributed by atoms with E-state index in [1.54, 1.807) is 24.4 Å². The van der Waals surface area contributed by atoms with Gasteiger partial charge in [0.05, 0.1) is 5.02 Å². The van der Waals surface area contributed by atoms with Crippen LogP contribution in [-0.2, 0) is 6.54 Å². The van der Waals surface area contributed by atoms with Crippen molar-refractivity contribution in [2.75, 3.05) is 7.05 Å². The zero-order valence-corrected chi connectivity index (χ0v) is 12.1. The number of nitrogens with zero attached hydrogens (tertiary/aromatic N) is 2. The second-order valence-corrected chi connectivity index (χ2v) is 4.81. The Morgan fingerprint density at radius 3 is 2.74 bits per heavy atom. The number of aryl methyl sites for hydroxylation is 1. The third kappa shape index (κ3) is 3.56. The third-order valence-corrected chi connectivity index (χ3v) is 3.05. The number of hydrogen-bond donors (Lipinski definition) is 1. The molecule has 0 bridgehead atoms. The maximum absolute atomic E-state index is 6.03. The molecule has 4 nitrogen and oxygen atoms in total. The largest absolute Gasteiger partial charge is 0.423 e. The van der Waals surface area contributed by atoms with Gasteiger partial charge >= 0.3 is 6.01 Å². The minimum Gasteiger partial charge on any atom is -0.423 e. The van der Waals surface area contributed by atoms with Gasteiger partial charge in [0.2, 0.25) is 0 Å². The second-order valence-electron chi connectivity index (χ2n) is 3.97. The fourth-order valence-electron chi connectivity index (χ4n) is 1.54. The predicted octanol–water partition coefficient (Wildman–Crippen LogP) is 3.60. The lowest BCUT2D eigenvalue weighted by molar-refractivity contribution is 0.439. The van der Waals surface area contributed by atoms with Gasteiger partial charge in [-0.2, -0.15) is 4.98 Å². The molecule has 1 heterocycles. The van der Waals surface area contributed by atoms with E-state index in [0.717, 1.165) is 11.3 Å². The molecule has 1 aromatic heterocycles. The highest BCUT2D eigenvalue weighted by atomic mass is 35.5. The monoisotopic (exact) mass is 297 g/mol. The molecule has 0 aliphatic rings. The van der Waals surface area contributed by atoms with Crippen LogP contribution in [0.3, 0.4) is 0 Å². The lowest BCUT2D eigenvalue weighted by atomic mass is 10.2. The van der Waals surface area contributed by atoms with Gasteiger partial charge in [0.1, 0.15) is 5.75 Å². The van der Waals surface area contributed by atoms with Crippen LogP contribution in [0.1, 0.15) is 11.3 Å². The quantitative estimate of drug-likeness (QED) is 0.936. The highest BCUT2D eigenvalue weighted by Gasteiger charge is 2.08. The van der Waals surface area contributed by atoms with Crippen molar-refractivity contribution >= 4 is 23.2 Å². The Morgan fingerprint density at radius 2 is 2.11 bits per heavy atom. The molecule has 0 unspecified atom stereocenters. The Morgan fingerprint density at radius 1 is 1.32 bits per heavy atom. The molecule has 2 aromatic rings. The molecular formula is C13H13Cl2N3O. The maximum atomic E-state index is 6.03. The van der Waals surface area contributed by atoms with Gasteiger partial charge in [-0.1, -0.05) is 23.2 Å². The van der Waals surface area contributed by atoms with E-state index in [1.165, 1.54) is 0 Å². The second kappa shape index (κ2) is 6.19. The van der Waals surface area contributed by atoms with Gasteiger partial charge in [-0.05, 0) is 32.2 Å². The Kier molecular flexibility index (Phi) is 4.58. The molecule has 6 heteroatoms. The lowest BCUT2D eigenvalue weighted by Gasteiger charge is -2.08. The van der Waals surface area contributed by atoms with E-state index >= 15 is 0 Å². The molecule has 0 aliphatic carbocycles. The van der Waals surface area contributed by atoms with Crippen molar-refractivity contribution in [2.45, 2.75) is 13.5 Å². The van der Waals surface area contributed by atoms with Crippen molar-refractivity contribution < 1.29 is 4.74 Å². The fourth-order valence-corrected chi connectivity index (χ4v) is 1.99. The van der Waals surface area contributed by atoms with E-state index in [9.17, 15) is 0 Å². The summed E-state index contributed by atoms with van der Waals surface area (Å²) in [6.45, 7) is 2.62. The molecule has 0 saturated carbocycles. The van der Waals surface area contributed by atoms with Gasteiger partial charge in [0.15, 0.2) is 0 Å². The number of nitrogens with one attached hydrogen (secondary N) is 1. The van der Waals surface area contributed by atoms with Crippen LogP contribution in [0.25, 0.3) is 0 Å². The first kappa shape index (κ1) is 14.1. The Balaban J connectivity index is 2.21. The molecule has 0 atom stereocenters. The summed E-state index contributed by atoms with van der Waals surface area (Å²) in [6.07, 6.45) is 1.73. The average Bonchev–Trinajstić information content (AvgIpc) is 2.36. The summed E-state index contributed by atoms with van der Waals surface area (Å²) in [6, 6.07) is 5.26. The summed E-state index contributed by atoms with van der Waals surface area (Å²) in [7, 11) is 1.87. The van der Waals surface area contributed by atoms with Crippen molar-refractivity contribution in [1.82, 2.24) is 15.3 Å². The maximum Gasteiger partial charge on any atom is 0.322 e. The lowest BCUT2D eigenvalue weighted by Crippen LogP contribution is -2.08. The Labute approximate surface area is 121 Å². The van der Waals surface area contributed by atoms with Gasteiger partial charge < -0.3 is 10.1 Å². The predicted molar refractivity (Wildman–Crippen MR) is 76.1 cm³/mol. The van der Waals surface area contributed by atoms with Crippen LogP contribution in [0.2, 0.25) is 10.0 Å². The number of hydrogen-bond acceptors (Lipinski definition) is 4. The first-order chi connectivity index (χ1) is 9.10. The number of ether oxygens (including phenoxy) is 1. The summed E-state index contributed by atoms with van der Waals surface area (Å²) < 4.78 is 5.54. The first-order valence-electron chi connectivity index (χ1n) is 5.70. The molecular weight excluding hydrogens is 285 g/mol. The molecule has 19 heavy (non-hydrogen) atoms. The first-order valence-corrected chi connectivity index (χ1v) is 6.45. The van der Waals surface area contributed by atoms with E-state index < -0.39 is 0 Å². The van der Waals surface area contributed by atoms with Crippen LogP contribution < -0.4 is 10.1 Å².